The lowest BCUT2D eigenvalue weighted by atomic mass is 9.94. The fourth-order valence-electron chi connectivity index (χ4n) is 3.57. The Balaban J connectivity index is 1.70. The first-order valence-electron chi connectivity index (χ1n) is 11.0. The molecule has 0 fully saturated rings. The molecule has 0 saturated heterocycles. The van der Waals surface area contributed by atoms with E-state index in [0.29, 0.717) is 21.3 Å². The normalized spacial score (nSPS) is 12.1. The molecule has 2 aromatic carbocycles. The fourth-order valence-corrected chi connectivity index (χ4v) is 4.74. The molecule has 3 rings (SSSR count). The Morgan fingerprint density at radius 1 is 0.943 bits per heavy atom. The van der Waals surface area contributed by atoms with Gasteiger partial charge in [0.05, 0.1) is 4.88 Å². The van der Waals surface area contributed by atoms with E-state index in [4.69, 9.17) is 28.3 Å². The van der Waals surface area contributed by atoms with Gasteiger partial charge in [0.15, 0.2) is 0 Å². The monoisotopic (exact) mass is 532 g/mol. The van der Waals surface area contributed by atoms with Crippen LogP contribution in [0.5, 0.6) is 0 Å². The van der Waals surface area contributed by atoms with Crippen LogP contribution in [0, 0.1) is 0 Å². The predicted molar refractivity (Wildman–Crippen MR) is 140 cm³/mol. The minimum atomic E-state index is -1.04. The molecule has 0 saturated carbocycles. The number of carboxylic acids is 1. The van der Waals surface area contributed by atoms with Crippen molar-refractivity contribution in [1.29, 1.82) is 0 Å². The number of aliphatic carboxylic acids is 1. The summed E-state index contributed by atoms with van der Waals surface area (Å²) < 4.78 is 0. The maximum atomic E-state index is 13.1. The second-order valence-corrected chi connectivity index (χ2v) is 10.8. The van der Waals surface area contributed by atoms with Crippen molar-refractivity contribution in [3.8, 4) is 10.4 Å². The van der Waals surface area contributed by atoms with Gasteiger partial charge in [-0.05, 0) is 74.2 Å². The number of thiophene rings is 1. The molecule has 1 aromatic heterocycles. The maximum absolute atomic E-state index is 13.1. The van der Waals surface area contributed by atoms with Crippen molar-refractivity contribution >= 4 is 52.3 Å². The van der Waals surface area contributed by atoms with Crippen LogP contribution in [-0.2, 0) is 16.0 Å². The van der Waals surface area contributed by atoms with Gasteiger partial charge in [-0.25, -0.2) is 0 Å². The van der Waals surface area contributed by atoms with Crippen molar-refractivity contribution in [2.75, 3.05) is 0 Å². The van der Waals surface area contributed by atoms with Gasteiger partial charge in [-0.3, -0.25) is 14.4 Å². The molecule has 0 aliphatic heterocycles. The van der Waals surface area contributed by atoms with Crippen LogP contribution in [0.15, 0.2) is 60.7 Å². The van der Waals surface area contributed by atoms with Gasteiger partial charge >= 0.3 is 5.97 Å². The molecular formula is C26H26Cl2N2O4S. The number of benzene rings is 2. The summed E-state index contributed by atoms with van der Waals surface area (Å²) in [5, 5.41) is 16.0. The Bertz CT molecular complexity index is 1190. The molecule has 0 spiro atoms. The van der Waals surface area contributed by atoms with Crippen molar-refractivity contribution in [2.45, 2.75) is 44.7 Å². The van der Waals surface area contributed by atoms with Crippen molar-refractivity contribution in [2.24, 2.45) is 0 Å². The van der Waals surface area contributed by atoms with Gasteiger partial charge in [0, 0.05) is 26.9 Å². The zero-order valence-electron chi connectivity index (χ0n) is 19.3. The second-order valence-electron chi connectivity index (χ2n) is 8.81. The van der Waals surface area contributed by atoms with Crippen LogP contribution in [0.1, 0.15) is 41.9 Å². The highest BCUT2D eigenvalue weighted by Crippen LogP contribution is 2.29. The molecule has 0 aliphatic carbocycles. The standard InChI is InChI=1S/C26H26Cl2N2O4S/c1-26(2,15-16-3-7-18(27)8-4-16)30-24(33)20(11-14-23(31)32)29-25(34)22-13-12-21(35-22)17-5-9-19(28)10-6-17/h3-10,12-13,20H,11,14-15H2,1-2H3,(H,29,34)(H,30,33)(H,31,32)/t20-/m0/s1. The summed E-state index contributed by atoms with van der Waals surface area (Å²) in [5.74, 6) is -1.91. The van der Waals surface area contributed by atoms with E-state index in [1.54, 1.807) is 30.3 Å². The second kappa shape index (κ2) is 11.7. The van der Waals surface area contributed by atoms with Crippen LogP contribution in [0.3, 0.4) is 0 Å². The Labute approximate surface area is 218 Å². The molecule has 184 valence electrons. The van der Waals surface area contributed by atoms with Crippen molar-refractivity contribution in [1.82, 2.24) is 10.6 Å². The van der Waals surface area contributed by atoms with Gasteiger partial charge in [-0.1, -0.05) is 47.5 Å². The number of halogens is 2. The Morgan fingerprint density at radius 3 is 2.14 bits per heavy atom. The van der Waals surface area contributed by atoms with Gasteiger partial charge < -0.3 is 15.7 Å². The largest absolute Gasteiger partial charge is 0.481 e. The number of carbonyl (C=O) groups is 3. The van der Waals surface area contributed by atoms with E-state index in [2.05, 4.69) is 10.6 Å². The Kier molecular flexibility index (Phi) is 8.94. The van der Waals surface area contributed by atoms with Gasteiger partial charge in [0.1, 0.15) is 6.04 Å². The zero-order valence-corrected chi connectivity index (χ0v) is 21.6. The minimum Gasteiger partial charge on any atom is -0.481 e. The first-order valence-corrected chi connectivity index (χ1v) is 12.5. The van der Waals surface area contributed by atoms with E-state index >= 15 is 0 Å². The number of carboxylic acid groups (broad SMARTS) is 1. The van der Waals surface area contributed by atoms with E-state index in [-0.39, 0.29) is 12.8 Å². The first-order chi connectivity index (χ1) is 16.5. The molecule has 0 bridgehead atoms. The number of amides is 2. The van der Waals surface area contributed by atoms with Crippen LogP contribution in [0.25, 0.3) is 10.4 Å². The van der Waals surface area contributed by atoms with E-state index in [1.807, 2.05) is 44.2 Å². The number of nitrogens with one attached hydrogen (secondary N) is 2. The van der Waals surface area contributed by atoms with Gasteiger partial charge in [-0.2, -0.15) is 0 Å². The zero-order chi connectivity index (χ0) is 25.6. The smallest absolute Gasteiger partial charge is 0.303 e. The van der Waals surface area contributed by atoms with Crippen LogP contribution in [-0.4, -0.2) is 34.5 Å². The summed E-state index contributed by atoms with van der Waals surface area (Å²) in [6, 6.07) is 17.1. The lowest BCUT2D eigenvalue weighted by molar-refractivity contribution is -0.137. The third kappa shape index (κ3) is 8.09. The summed E-state index contributed by atoms with van der Waals surface area (Å²) in [6.45, 7) is 3.74. The molecule has 1 heterocycles. The SMILES string of the molecule is CC(C)(Cc1ccc(Cl)cc1)NC(=O)[C@H](CCC(=O)O)NC(=O)c1ccc(-c2ccc(Cl)cc2)s1. The average Bonchev–Trinajstić information content (AvgIpc) is 3.28. The lowest BCUT2D eigenvalue weighted by Gasteiger charge is -2.29. The Morgan fingerprint density at radius 2 is 1.54 bits per heavy atom. The van der Waals surface area contributed by atoms with Crippen molar-refractivity contribution < 1.29 is 19.5 Å². The van der Waals surface area contributed by atoms with E-state index in [9.17, 15) is 14.4 Å². The molecule has 0 aliphatic rings. The average molecular weight is 533 g/mol. The summed E-state index contributed by atoms with van der Waals surface area (Å²) in [6.07, 6.45) is 0.251. The first kappa shape index (κ1) is 26.7. The van der Waals surface area contributed by atoms with E-state index < -0.39 is 29.4 Å². The lowest BCUT2D eigenvalue weighted by Crippen LogP contribution is -2.54. The minimum absolute atomic E-state index is 0.0284. The topological polar surface area (TPSA) is 95.5 Å². The van der Waals surface area contributed by atoms with E-state index in [1.165, 1.54) is 11.3 Å². The molecule has 6 nitrogen and oxygen atoms in total. The molecule has 3 aromatic rings. The molecule has 3 N–H and O–H groups in total. The number of hydrogen-bond acceptors (Lipinski definition) is 4. The number of hydrogen-bond donors (Lipinski definition) is 3. The molecular weight excluding hydrogens is 507 g/mol. The highest BCUT2D eigenvalue weighted by atomic mass is 35.5. The summed E-state index contributed by atoms with van der Waals surface area (Å²) in [5.41, 5.74) is 1.27. The van der Waals surface area contributed by atoms with Crippen LogP contribution in [0.2, 0.25) is 10.0 Å². The summed E-state index contributed by atoms with van der Waals surface area (Å²) >= 11 is 13.2. The highest BCUT2D eigenvalue weighted by molar-refractivity contribution is 7.17. The van der Waals surface area contributed by atoms with Crippen LogP contribution < -0.4 is 10.6 Å². The molecule has 0 unspecified atom stereocenters. The molecule has 9 heteroatoms. The van der Waals surface area contributed by atoms with Gasteiger partial charge in [-0.15, -0.1) is 11.3 Å². The van der Waals surface area contributed by atoms with Crippen LogP contribution in [0.4, 0.5) is 0 Å². The summed E-state index contributed by atoms with van der Waals surface area (Å²) in [4.78, 5) is 38.5. The maximum Gasteiger partial charge on any atom is 0.303 e. The quantitative estimate of drug-likeness (QED) is 0.306. The number of rotatable bonds is 10. The highest BCUT2D eigenvalue weighted by Gasteiger charge is 2.28. The Hall–Kier alpha value is -2.87. The third-order valence-electron chi connectivity index (χ3n) is 5.25. The summed E-state index contributed by atoms with van der Waals surface area (Å²) in [7, 11) is 0. The van der Waals surface area contributed by atoms with Gasteiger partial charge in [0.25, 0.3) is 5.91 Å². The predicted octanol–water partition coefficient (Wildman–Crippen LogP) is 5.82. The van der Waals surface area contributed by atoms with Crippen LogP contribution >= 0.6 is 34.5 Å². The fraction of sp³-hybridized carbons (Fsp3) is 0.269. The molecule has 35 heavy (non-hydrogen) atoms. The third-order valence-corrected chi connectivity index (χ3v) is 6.89. The van der Waals surface area contributed by atoms with E-state index in [0.717, 1.165) is 16.0 Å². The number of carbonyl (C=O) groups excluding carboxylic acids is 2. The van der Waals surface area contributed by atoms with Crippen molar-refractivity contribution in [3.05, 3.63) is 81.1 Å². The molecule has 1 atom stereocenters. The molecule has 0 radical (unpaired) electrons. The molecule has 2 amide bonds. The van der Waals surface area contributed by atoms with Gasteiger partial charge in [0.2, 0.25) is 5.91 Å². The van der Waals surface area contributed by atoms with Crippen molar-refractivity contribution in [3.63, 3.8) is 0 Å².